The molecule has 1 amide bonds. The van der Waals surface area contributed by atoms with Crippen LogP contribution in [-0.2, 0) is 0 Å². The molecule has 5 rings (SSSR count). The highest BCUT2D eigenvalue weighted by atomic mass is 32.1. The standard InChI is InChI=1S/C20H16N4O2S/c1-11-10-21-20(27-11)23-18(25)14-9-15(12-7-8-12)22-19-16(14)17(24-26-19)13-5-3-2-4-6-13/h2-6,9-10,12H,7-8H2,1H3,(H,21,23,25). The lowest BCUT2D eigenvalue weighted by Gasteiger charge is -2.07. The average molecular weight is 376 g/mol. The summed E-state index contributed by atoms with van der Waals surface area (Å²) in [6, 6.07) is 11.6. The molecule has 0 spiro atoms. The molecule has 0 saturated heterocycles. The maximum absolute atomic E-state index is 13.1. The summed E-state index contributed by atoms with van der Waals surface area (Å²) in [7, 11) is 0. The minimum Gasteiger partial charge on any atom is -0.335 e. The van der Waals surface area contributed by atoms with Crippen molar-refractivity contribution in [2.24, 2.45) is 0 Å². The smallest absolute Gasteiger partial charge is 0.259 e. The molecule has 0 radical (unpaired) electrons. The van der Waals surface area contributed by atoms with Gasteiger partial charge in [-0.05, 0) is 25.8 Å². The fraction of sp³-hybridized carbons (Fsp3) is 0.200. The molecular formula is C20H16N4O2S. The summed E-state index contributed by atoms with van der Waals surface area (Å²) >= 11 is 1.44. The van der Waals surface area contributed by atoms with Crippen LogP contribution in [0.25, 0.3) is 22.4 Å². The summed E-state index contributed by atoms with van der Waals surface area (Å²) in [6.45, 7) is 1.96. The van der Waals surface area contributed by atoms with Crippen LogP contribution in [0.5, 0.6) is 0 Å². The fourth-order valence-corrected chi connectivity index (χ4v) is 3.77. The van der Waals surface area contributed by atoms with Crippen molar-refractivity contribution in [1.29, 1.82) is 0 Å². The lowest BCUT2D eigenvalue weighted by Crippen LogP contribution is -2.13. The van der Waals surface area contributed by atoms with E-state index in [0.717, 1.165) is 29.0 Å². The number of pyridine rings is 1. The lowest BCUT2D eigenvalue weighted by molar-refractivity contribution is 0.102. The van der Waals surface area contributed by atoms with Gasteiger partial charge in [-0.25, -0.2) is 9.97 Å². The zero-order valence-corrected chi connectivity index (χ0v) is 15.4. The van der Waals surface area contributed by atoms with E-state index in [1.807, 2.05) is 43.3 Å². The third-order valence-corrected chi connectivity index (χ3v) is 5.42. The van der Waals surface area contributed by atoms with Gasteiger partial charge < -0.3 is 4.52 Å². The second kappa shape index (κ2) is 6.28. The number of aryl methyl sites for hydroxylation is 1. The Morgan fingerprint density at radius 2 is 2.07 bits per heavy atom. The first-order chi connectivity index (χ1) is 13.2. The van der Waals surface area contributed by atoms with Gasteiger partial charge in [-0.15, -0.1) is 11.3 Å². The molecule has 1 aliphatic carbocycles. The SMILES string of the molecule is Cc1cnc(NC(=O)c2cc(C3CC3)nc3onc(-c4ccccc4)c23)s1. The largest absolute Gasteiger partial charge is 0.335 e. The average Bonchev–Trinajstić information content (AvgIpc) is 3.33. The van der Waals surface area contributed by atoms with Gasteiger partial charge in [0.1, 0.15) is 5.69 Å². The Kier molecular flexibility index (Phi) is 3.75. The Morgan fingerprint density at radius 1 is 1.26 bits per heavy atom. The van der Waals surface area contributed by atoms with E-state index in [9.17, 15) is 4.79 Å². The van der Waals surface area contributed by atoms with Crippen LogP contribution in [-0.4, -0.2) is 21.0 Å². The van der Waals surface area contributed by atoms with Crippen LogP contribution < -0.4 is 5.32 Å². The molecule has 0 bridgehead atoms. The number of thiazole rings is 1. The topological polar surface area (TPSA) is 80.9 Å². The van der Waals surface area contributed by atoms with Crippen LogP contribution in [0.2, 0.25) is 0 Å². The highest BCUT2D eigenvalue weighted by molar-refractivity contribution is 7.15. The molecule has 0 aliphatic heterocycles. The van der Waals surface area contributed by atoms with Gasteiger partial charge in [-0.3, -0.25) is 10.1 Å². The molecule has 1 N–H and O–H groups in total. The van der Waals surface area contributed by atoms with E-state index in [4.69, 9.17) is 4.52 Å². The summed E-state index contributed by atoms with van der Waals surface area (Å²) < 4.78 is 5.51. The minimum atomic E-state index is -0.223. The van der Waals surface area contributed by atoms with Crippen molar-refractivity contribution in [3.8, 4) is 11.3 Å². The van der Waals surface area contributed by atoms with Gasteiger partial charge >= 0.3 is 0 Å². The Morgan fingerprint density at radius 3 is 2.78 bits per heavy atom. The molecule has 1 fully saturated rings. The fourth-order valence-electron chi connectivity index (χ4n) is 3.11. The predicted molar refractivity (Wildman–Crippen MR) is 104 cm³/mol. The maximum atomic E-state index is 13.1. The highest BCUT2D eigenvalue weighted by Crippen LogP contribution is 2.41. The monoisotopic (exact) mass is 376 g/mol. The van der Waals surface area contributed by atoms with Gasteiger partial charge in [0.05, 0.1) is 10.9 Å². The first-order valence-electron chi connectivity index (χ1n) is 8.78. The van der Waals surface area contributed by atoms with E-state index < -0.39 is 0 Å². The normalized spacial score (nSPS) is 13.8. The summed E-state index contributed by atoms with van der Waals surface area (Å²) in [5.74, 6) is 0.173. The van der Waals surface area contributed by atoms with Crippen LogP contribution in [0.4, 0.5) is 5.13 Å². The number of fused-ring (bicyclic) bond motifs is 1. The van der Waals surface area contributed by atoms with Gasteiger partial charge in [0.2, 0.25) is 0 Å². The molecule has 4 aromatic rings. The molecule has 0 atom stereocenters. The third-order valence-electron chi connectivity index (χ3n) is 4.60. The van der Waals surface area contributed by atoms with Gasteiger partial charge in [0.25, 0.3) is 11.6 Å². The molecule has 1 aromatic carbocycles. The number of aromatic nitrogens is 3. The molecule has 6 nitrogen and oxygen atoms in total. The quantitative estimate of drug-likeness (QED) is 0.554. The molecule has 0 unspecified atom stereocenters. The minimum absolute atomic E-state index is 0.223. The summed E-state index contributed by atoms with van der Waals surface area (Å²) in [5.41, 5.74) is 3.32. The molecular weight excluding hydrogens is 360 g/mol. The molecule has 7 heteroatoms. The van der Waals surface area contributed by atoms with Gasteiger partial charge in [-0.2, -0.15) is 0 Å². The van der Waals surface area contributed by atoms with Crippen molar-refractivity contribution in [3.05, 3.63) is 58.7 Å². The molecule has 134 valence electrons. The van der Waals surface area contributed by atoms with E-state index in [0.29, 0.717) is 33.4 Å². The van der Waals surface area contributed by atoms with Crippen molar-refractivity contribution in [1.82, 2.24) is 15.1 Å². The van der Waals surface area contributed by atoms with E-state index >= 15 is 0 Å². The van der Waals surface area contributed by atoms with Gasteiger partial charge in [-0.1, -0.05) is 35.5 Å². The lowest BCUT2D eigenvalue weighted by atomic mass is 10.0. The maximum Gasteiger partial charge on any atom is 0.259 e. The van der Waals surface area contributed by atoms with E-state index in [1.165, 1.54) is 11.3 Å². The molecule has 27 heavy (non-hydrogen) atoms. The zero-order chi connectivity index (χ0) is 18.4. The van der Waals surface area contributed by atoms with Gasteiger partial charge in [0, 0.05) is 28.2 Å². The Hall–Kier alpha value is -3.06. The van der Waals surface area contributed by atoms with Crippen molar-refractivity contribution in [2.75, 3.05) is 5.32 Å². The van der Waals surface area contributed by atoms with Crippen molar-refractivity contribution >= 4 is 33.5 Å². The number of anilines is 1. The second-order valence-electron chi connectivity index (χ2n) is 6.68. The van der Waals surface area contributed by atoms with Crippen LogP contribution >= 0.6 is 11.3 Å². The third kappa shape index (κ3) is 3.00. The first kappa shape index (κ1) is 16.1. The summed E-state index contributed by atoms with van der Waals surface area (Å²) in [4.78, 5) is 23.0. The number of hydrogen-bond acceptors (Lipinski definition) is 6. The Balaban J connectivity index is 1.65. The van der Waals surface area contributed by atoms with Crippen molar-refractivity contribution < 1.29 is 9.32 Å². The number of nitrogens with one attached hydrogen (secondary N) is 1. The molecule has 1 aliphatic rings. The van der Waals surface area contributed by atoms with Crippen molar-refractivity contribution in [3.63, 3.8) is 0 Å². The number of carbonyl (C=O) groups is 1. The summed E-state index contributed by atoms with van der Waals surface area (Å²) in [6.07, 6.45) is 3.92. The zero-order valence-electron chi connectivity index (χ0n) is 14.6. The van der Waals surface area contributed by atoms with Crippen LogP contribution in [0.3, 0.4) is 0 Å². The molecule has 1 saturated carbocycles. The highest BCUT2D eigenvalue weighted by Gasteiger charge is 2.29. The number of nitrogens with zero attached hydrogens (tertiary/aromatic N) is 3. The van der Waals surface area contributed by atoms with Crippen LogP contribution in [0, 0.1) is 6.92 Å². The summed E-state index contributed by atoms with van der Waals surface area (Å²) in [5, 5.41) is 8.32. The Bertz CT molecular complexity index is 1150. The van der Waals surface area contributed by atoms with E-state index in [-0.39, 0.29) is 5.91 Å². The van der Waals surface area contributed by atoms with Crippen LogP contribution in [0.15, 0.2) is 47.1 Å². The first-order valence-corrected chi connectivity index (χ1v) is 9.60. The number of amides is 1. The van der Waals surface area contributed by atoms with Gasteiger partial charge in [0.15, 0.2) is 5.13 Å². The van der Waals surface area contributed by atoms with E-state index in [2.05, 4.69) is 20.4 Å². The Labute approximate surface area is 159 Å². The van der Waals surface area contributed by atoms with Crippen LogP contribution in [0.1, 0.15) is 39.7 Å². The number of hydrogen-bond donors (Lipinski definition) is 1. The van der Waals surface area contributed by atoms with Crippen molar-refractivity contribution in [2.45, 2.75) is 25.7 Å². The number of carbonyl (C=O) groups excluding carboxylic acids is 1. The van der Waals surface area contributed by atoms with E-state index in [1.54, 1.807) is 6.20 Å². The second-order valence-corrected chi connectivity index (χ2v) is 7.91. The molecule has 3 heterocycles. The number of benzene rings is 1. The predicted octanol–water partition coefficient (Wildman–Crippen LogP) is 4.78. The number of rotatable bonds is 4. The molecule has 3 aromatic heterocycles.